The maximum absolute atomic E-state index is 6.01. The van der Waals surface area contributed by atoms with E-state index in [4.69, 9.17) is 14.2 Å². The van der Waals surface area contributed by atoms with Crippen molar-refractivity contribution in [3.8, 4) is 11.5 Å². The van der Waals surface area contributed by atoms with Crippen LogP contribution in [-0.4, -0.2) is 43.4 Å². The molecule has 1 aliphatic rings. The summed E-state index contributed by atoms with van der Waals surface area (Å²) in [4.78, 5) is 6.79. The summed E-state index contributed by atoms with van der Waals surface area (Å²) in [6, 6.07) is 12.0. The molecule has 5 heteroatoms. The van der Waals surface area contributed by atoms with E-state index < -0.39 is 0 Å². The zero-order valence-electron chi connectivity index (χ0n) is 14.8. The molecule has 0 amide bonds. The Labute approximate surface area is 149 Å². The molecule has 1 aromatic carbocycles. The van der Waals surface area contributed by atoms with Gasteiger partial charge in [-0.2, -0.15) is 0 Å². The molecule has 0 saturated heterocycles. The predicted molar refractivity (Wildman–Crippen MR) is 96.9 cm³/mol. The molecule has 2 heterocycles. The van der Waals surface area contributed by atoms with E-state index in [1.165, 1.54) is 0 Å². The number of rotatable bonds is 3. The van der Waals surface area contributed by atoms with Crippen LogP contribution in [0.5, 0.6) is 11.5 Å². The Bertz CT molecular complexity index is 649. The van der Waals surface area contributed by atoms with Gasteiger partial charge in [-0.25, -0.2) is 0 Å². The molecular formula is C20H26N2O3. The number of benzene rings is 1. The molecule has 134 valence electrons. The smallest absolute Gasteiger partial charge is 0.124 e. The van der Waals surface area contributed by atoms with E-state index in [1.807, 2.05) is 30.5 Å². The van der Waals surface area contributed by atoms with Crippen LogP contribution in [-0.2, 0) is 17.8 Å². The minimum Gasteiger partial charge on any atom is -0.497 e. The van der Waals surface area contributed by atoms with Crippen molar-refractivity contribution in [1.82, 2.24) is 9.88 Å². The van der Waals surface area contributed by atoms with Crippen molar-refractivity contribution < 1.29 is 14.2 Å². The van der Waals surface area contributed by atoms with Gasteiger partial charge < -0.3 is 14.2 Å². The number of pyridine rings is 1. The molecule has 0 radical (unpaired) electrons. The van der Waals surface area contributed by atoms with Gasteiger partial charge in [0.15, 0.2) is 0 Å². The van der Waals surface area contributed by atoms with Crippen LogP contribution < -0.4 is 9.47 Å². The molecule has 0 aliphatic carbocycles. The number of nitrogens with zero attached hydrogens (tertiary/aromatic N) is 2. The summed E-state index contributed by atoms with van der Waals surface area (Å²) in [5.41, 5.74) is 2.19. The average Bonchev–Trinajstić information content (AvgIpc) is 2.64. The highest BCUT2D eigenvalue weighted by molar-refractivity contribution is 5.40. The first-order valence-electron chi connectivity index (χ1n) is 8.85. The third-order valence-electron chi connectivity index (χ3n) is 4.27. The van der Waals surface area contributed by atoms with Crippen LogP contribution in [0.1, 0.15) is 24.1 Å². The highest BCUT2D eigenvalue weighted by Crippen LogP contribution is 2.26. The van der Waals surface area contributed by atoms with Gasteiger partial charge in [0.2, 0.25) is 0 Å². The molecule has 0 bridgehead atoms. The quantitative estimate of drug-likeness (QED) is 0.856. The van der Waals surface area contributed by atoms with Gasteiger partial charge in [0.1, 0.15) is 11.5 Å². The fourth-order valence-corrected chi connectivity index (χ4v) is 2.91. The molecule has 0 spiro atoms. The lowest BCUT2D eigenvalue weighted by atomic mass is 10.1. The van der Waals surface area contributed by atoms with Crippen molar-refractivity contribution in [2.75, 3.05) is 33.5 Å². The van der Waals surface area contributed by atoms with Crippen LogP contribution in [0.15, 0.2) is 42.6 Å². The molecule has 1 aromatic heterocycles. The van der Waals surface area contributed by atoms with E-state index >= 15 is 0 Å². The molecule has 0 N–H and O–H groups in total. The van der Waals surface area contributed by atoms with Crippen LogP contribution in [0.4, 0.5) is 0 Å². The Morgan fingerprint density at radius 1 is 1.12 bits per heavy atom. The molecule has 0 saturated carbocycles. The molecule has 1 aliphatic heterocycles. The summed E-state index contributed by atoms with van der Waals surface area (Å²) < 4.78 is 17.2. The molecule has 3 rings (SSSR count). The highest BCUT2D eigenvalue weighted by Gasteiger charge is 2.14. The summed E-state index contributed by atoms with van der Waals surface area (Å²) in [5, 5.41) is 0. The van der Waals surface area contributed by atoms with Gasteiger partial charge >= 0.3 is 0 Å². The highest BCUT2D eigenvalue weighted by atomic mass is 16.5. The number of methoxy groups -OCH3 is 1. The van der Waals surface area contributed by atoms with Crippen LogP contribution in [0.3, 0.4) is 0 Å². The molecule has 0 unspecified atom stereocenters. The Morgan fingerprint density at radius 3 is 2.88 bits per heavy atom. The topological polar surface area (TPSA) is 43.8 Å². The summed E-state index contributed by atoms with van der Waals surface area (Å²) in [6.45, 7) is 4.63. The minimum absolute atomic E-state index is 0.711. The van der Waals surface area contributed by atoms with Crippen molar-refractivity contribution in [2.45, 2.75) is 25.9 Å². The van der Waals surface area contributed by atoms with Crippen molar-refractivity contribution >= 4 is 0 Å². The predicted octanol–water partition coefficient (Wildman–Crippen LogP) is 3.28. The summed E-state index contributed by atoms with van der Waals surface area (Å²) in [5.74, 6) is 1.79. The molecule has 0 fully saturated rings. The zero-order valence-corrected chi connectivity index (χ0v) is 14.8. The van der Waals surface area contributed by atoms with Gasteiger partial charge in [0, 0.05) is 38.0 Å². The van der Waals surface area contributed by atoms with E-state index in [9.17, 15) is 0 Å². The molecular weight excluding hydrogens is 316 g/mol. The zero-order chi connectivity index (χ0) is 17.3. The van der Waals surface area contributed by atoms with Crippen LogP contribution >= 0.6 is 0 Å². The van der Waals surface area contributed by atoms with E-state index in [0.29, 0.717) is 6.61 Å². The third-order valence-corrected chi connectivity index (χ3v) is 4.27. The standard InChI is InChI=1S/C20H26N2O3/c1-23-19-7-8-20-17(14-19)15-22(16-18-6-2-3-9-21-18)10-13-24-11-4-5-12-25-20/h2-3,6-9,14H,4-5,10-13,15-16H2,1H3. The normalized spacial score (nSPS) is 16.8. The second kappa shape index (κ2) is 9.39. The minimum atomic E-state index is 0.711. The monoisotopic (exact) mass is 342 g/mol. The Balaban J connectivity index is 1.81. The van der Waals surface area contributed by atoms with Crippen LogP contribution in [0.25, 0.3) is 0 Å². The molecule has 2 aromatic rings. The largest absolute Gasteiger partial charge is 0.497 e. The van der Waals surface area contributed by atoms with Gasteiger partial charge in [0.25, 0.3) is 0 Å². The van der Waals surface area contributed by atoms with E-state index in [1.54, 1.807) is 7.11 Å². The summed E-state index contributed by atoms with van der Waals surface area (Å²) in [7, 11) is 1.69. The molecule has 5 nitrogen and oxygen atoms in total. The van der Waals surface area contributed by atoms with Crippen molar-refractivity contribution in [1.29, 1.82) is 0 Å². The summed E-state index contributed by atoms with van der Waals surface area (Å²) in [6.07, 6.45) is 3.86. The number of fused-ring (bicyclic) bond motifs is 1. The first-order valence-corrected chi connectivity index (χ1v) is 8.85. The fourth-order valence-electron chi connectivity index (χ4n) is 2.91. The number of aromatic nitrogens is 1. The van der Waals surface area contributed by atoms with E-state index in [-0.39, 0.29) is 0 Å². The Morgan fingerprint density at radius 2 is 2.04 bits per heavy atom. The summed E-state index contributed by atoms with van der Waals surface area (Å²) >= 11 is 0. The third kappa shape index (κ3) is 5.44. The molecule has 25 heavy (non-hydrogen) atoms. The lowest BCUT2D eigenvalue weighted by Gasteiger charge is -2.24. The maximum Gasteiger partial charge on any atom is 0.124 e. The van der Waals surface area contributed by atoms with Crippen LogP contribution in [0, 0.1) is 0 Å². The van der Waals surface area contributed by atoms with Crippen molar-refractivity contribution in [3.63, 3.8) is 0 Å². The van der Waals surface area contributed by atoms with E-state index in [2.05, 4.69) is 22.0 Å². The van der Waals surface area contributed by atoms with E-state index in [0.717, 1.165) is 68.4 Å². The maximum atomic E-state index is 6.01. The first kappa shape index (κ1) is 17.7. The Kier molecular flexibility index (Phi) is 6.65. The van der Waals surface area contributed by atoms with Gasteiger partial charge in [-0.1, -0.05) is 6.07 Å². The van der Waals surface area contributed by atoms with Gasteiger partial charge in [-0.15, -0.1) is 0 Å². The lowest BCUT2D eigenvalue weighted by Crippen LogP contribution is -2.28. The van der Waals surface area contributed by atoms with Gasteiger partial charge in [-0.05, 0) is 43.2 Å². The average molecular weight is 342 g/mol. The van der Waals surface area contributed by atoms with Gasteiger partial charge in [-0.3, -0.25) is 9.88 Å². The fraction of sp³-hybridized carbons (Fsp3) is 0.450. The van der Waals surface area contributed by atoms with Crippen LogP contribution in [0.2, 0.25) is 0 Å². The Hall–Kier alpha value is -2.11. The first-order chi connectivity index (χ1) is 12.3. The number of ether oxygens (including phenoxy) is 3. The van der Waals surface area contributed by atoms with Crippen molar-refractivity contribution in [3.05, 3.63) is 53.9 Å². The number of hydrogen-bond acceptors (Lipinski definition) is 5. The van der Waals surface area contributed by atoms with Crippen molar-refractivity contribution in [2.24, 2.45) is 0 Å². The second-order valence-electron chi connectivity index (χ2n) is 6.17. The lowest BCUT2D eigenvalue weighted by molar-refractivity contribution is 0.0905. The van der Waals surface area contributed by atoms with Gasteiger partial charge in [0.05, 0.1) is 26.0 Å². The second-order valence-corrected chi connectivity index (χ2v) is 6.17. The number of hydrogen-bond donors (Lipinski definition) is 0. The SMILES string of the molecule is COc1ccc2c(c1)CN(Cc1ccccn1)CCOCCCCO2. The molecule has 0 atom stereocenters.